The van der Waals surface area contributed by atoms with E-state index in [0.29, 0.717) is 13.2 Å². The number of H-pyrrole nitrogens is 1. The number of ether oxygens (including phenoxy) is 2. The van der Waals surface area contributed by atoms with Gasteiger partial charge in [0.1, 0.15) is 0 Å². The molecule has 3 aromatic rings. The zero-order valence-corrected chi connectivity index (χ0v) is 15.2. The summed E-state index contributed by atoms with van der Waals surface area (Å²) >= 11 is 0. The average molecular weight is 350 g/mol. The van der Waals surface area contributed by atoms with Crippen molar-refractivity contribution >= 4 is 11.5 Å². The minimum absolute atomic E-state index is 0.202. The Balaban J connectivity index is 1.75. The molecule has 2 N–H and O–H groups in total. The van der Waals surface area contributed by atoms with Gasteiger partial charge in [-0.3, -0.25) is 10.1 Å². The lowest BCUT2D eigenvalue weighted by molar-refractivity contribution is 0.287. The maximum Gasteiger partial charge on any atom is 0.161 e. The molecule has 0 saturated carbocycles. The second-order valence-corrected chi connectivity index (χ2v) is 6.20. The van der Waals surface area contributed by atoms with Gasteiger partial charge in [0.2, 0.25) is 0 Å². The largest absolute Gasteiger partial charge is 0.490 e. The number of fused-ring (bicyclic) bond motifs is 3. The van der Waals surface area contributed by atoms with Gasteiger partial charge in [-0.1, -0.05) is 6.92 Å². The Bertz CT molecular complexity index is 921. The Morgan fingerprint density at radius 2 is 1.92 bits per heavy atom. The van der Waals surface area contributed by atoms with Gasteiger partial charge in [0.05, 0.1) is 30.8 Å². The number of aromatic amines is 1. The van der Waals surface area contributed by atoms with E-state index in [2.05, 4.69) is 39.6 Å². The van der Waals surface area contributed by atoms with Crippen LogP contribution in [0.3, 0.4) is 0 Å². The van der Waals surface area contributed by atoms with Crippen molar-refractivity contribution in [1.82, 2.24) is 15.2 Å². The molecule has 2 aromatic heterocycles. The number of benzene rings is 1. The Kier molecular flexibility index (Phi) is 4.24. The summed E-state index contributed by atoms with van der Waals surface area (Å²) in [5, 5.41) is 11.0. The van der Waals surface area contributed by atoms with Crippen LogP contribution in [0.25, 0.3) is 11.3 Å². The number of nitrogens with one attached hydrogen (secondary N) is 2. The first kappa shape index (κ1) is 16.4. The molecule has 4 rings (SSSR count). The van der Waals surface area contributed by atoms with Gasteiger partial charge in [-0.15, -0.1) is 0 Å². The third kappa shape index (κ3) is 2.67. The molecule has 26 heavy (non-hydrogen) atoms. The van der Waals surface area contributed by atoms with E-state index < -0.39 is 0 Å². The molecule has 1 unspecified atom stereocenters. The molecule has 0 amide bonds. The Morgan fingerprint density at radius 3 is 2.62 bits per heavy atom. The highest BCUT2D eigenvalue weighted by atomic mass is 16.5. The first-order valence-corrected chi connectivity index (χ1v) is 8.92. The van der Waals surface area contributed by atoms with Crippen molar-refractivity contribution in [1.29, 1.82) is 0 Å². The van der Waals surface area contributed by atoms with Crippen LogP contribution in [-0.2, 0) is 0 Å². The van der Waals surface area contributed by atoms with Crippen molar-refractivity contribution in [2.24, 2.45) is 0 Å². The van der Waals surface area contributed by atoms with Crippen LogP contribution in [0.15, 0.2) is 36.7 Å². The van der Waals surface area contributed by atoms with Gasteiger partial charge in [-0.2, -0.15) is 5.10 Å². The molecule has 1 atom stereocenters. The number of anilines is 2. The van der Waals surface area contributed by atoms with Crippen LogP contribution in [0.2, 0.25) is 0 Å². The molecule has 134 valence electrons. The average Bonchev–Trinajstić information content (AvgIpc) is 3.17. The standard InChI is InChI=1S/C20H22N4O2/c1-4-25-16-9-14-12(3)18-19(15(14)10-17(16)26-5-2)23-24-20(18)22-13-7-6-8-21-11-13/h6-12H,4-5H2,1-3H3,(H2,22,23,24). The van der Waals surface area contributed by atoms with E-state index in [0.717, 1.165) is 39.8 Å². The lowest BCUT2D eigenvalue weighted by Gasteiger charge is -2.15. The molecule has 0 fully saturated rings. The van der Waals surface area contributed by atoms with E-state index in [9.17, 15) is 0 Å². The first-order valence-electron chi connectivity index (χ1n) is 8.92. The second kappa shape index (κ2) is 6.71. The molecule has 0 spiro atoms. The van der Waals surface area contributed by atoms with Gasteiger partial charge in [0.25, 0.3) is 0 Å². The minimum Gasteiger partial charge on any atom is -0.490 e. The summed E-state index contributed by atoms with van der Waals surface area (Å²) < 4.78 is 11.6. The van der Waals surface area contributed by atoms with Crippen LogP contribution in [0.1, 0.15) is 37.8 Å². The number of hydrogen-bond donors (Lipinski definition) is 2. The van der Waals surface area contributed by atoms with Crippen molar-refractivity contribution in [2.45, 2.75) is 26.7 Å². The predicted octanol–water partition coefficient (Wildman–Crippen LogP) is 4.48. The first-order chi connectivity index (χ1) is 12.7. The van der Waals surface area contributed by atoms with E-state index in [1.165, 1.54) is 5.56 Å². The van der Waals surface area contributed by atoms with Gasteiger partial charge in [-0.25, -0.2) is 0 Å². The van der Waals surface area contributed by atoms with E-state index in [-0.39, 0.29) is 5.92 Å². The summed E-state index contributed by atoms with van der Waals surface area (Å²) in [4.78, 5) is 4.15. The topological polar surface area (TPSA) is 72.1 Å². The lowest BCUT2D eigenvalue weighted by atomic mass is 9.99. The normalized spacial score (nSPS) is 14.7. The van der Waals surface area contributed by atoms with Crippen LogP contribution in [0, 0.1) is 0 Å². The number of aromatic nitrogens is 3. The van der Waals surface area contributed by atoms with Crippen molar-refractivity contribution in [3.8, 4) is 22.8 Å². The number of nitrogens with zero attached hydrogens (tertiary/aromatic N) is 2. The predicted molar refractivity (Wildman–Crippen MR) is 101 cm³/mol. The molecule has 1 aliphatic carbocycles. The van der Waals surface area contributed by atoms with E-state index in [1.54, 1.807) is 12.4 Å². The van der Waals surface area contributed by atoms with Crippen molar-refractivity contribution in [3.05, 3.63) is 47.8 Å². The van der Waals surface area contributed by atoms with Gasteiger partial charge in [-0.05, 0) is 43.7 Å². The zero-order valence-electron chi connectivity index (χ0n) is 15.2. The maximum atomic E-state index is 5.79. The number of rotatable bonds is 6. The van der Waals surface area contributed by atoms with Gasteiger partial charge >= 0.3 is 0 Å². The number of pyridine rings is 1. The molecule has 2 heterocycles. The molecule has 0 bridgehead atoms. The summed E-state index contributed by atoms with van der Waals surface area (Å²) in [5.74, 6) is 2.59. The molecule has 0 saturated heterocycles. The van der Waals surface area contributed by atoms with Gasteiger partial charge in [0.15, 0.2) is 17.3 Å². The maximum absolute atomic E-state index is 5.79. The zero-order chi connectivity index (χ0) is 18.1. The molecule has 1 aliphatic rings. The molecular formula is C20H22N4O2. The van der Waals surface area contributed by atoms with Crippen LogP contribution in [0.4, 0.5) is 11.5 Å². The van der Waals surface area contributed by atoms with Crippen molar-refractivity contribution in [3.63, 3.8) is 0 Å². The molecule has 1 aromatic carbocycles. The SMILES string of the molecule is CCOc1cc2c(cc1OCC)C(C)c1c(Nc3cccnc3)n[nH]c1-2. The Hall–Kier alpha value is -3.02. The van der Waals surface area contributed by atoms with Gasteiger partial charge < -0.3 is 14.8 Å². The summed E-state index contributed by atoms with van der Waals surface area (Å²) in [5.41, 5.74) is 5.43. The molecular weight excluding hydrogens is 328 g/mol. The molecule has 6 nitrogen and oxygen atoms in total. The fraction of sp³-hybridized carbons (Fsp3) is 0.300. The highest BCUT2D eigenvalue weighted by Crippen LogP contribution is 2.50. The monoisotopic (exact) mass is 350 g/mol. The van der Waals surface area contributed by atoms with Crippen LogP contribution < -0.4 is 14.8 Å². The van der Waals surface area contributed by atoms with Crippen molar-refractivity contribution < 1.29 is 9.47 Å². The minimum atomic E-state index is 0.202. The lowest BCUT2D eigenvalue weighted by Crippen LogP contribution is -2.01. The molecule has 0 radical (unpaired) electrons. The van der Waals surface area contributed by atoms with Crippen molar-refractivity contribution in [2.75, 3.05) is 18.5 Å². The Morgan fingerprint density at radius 1 is 1.15 bits per heavy atom. The van der Waals surface area contributed by atoms with Gasteiger partial charge in [0, 0.05) is 23.2 Å². The highest BCUT2D eigenvalue weighted by molar-refractivity contribution is 5.83. The molecule has 0 aliphatic heterocycles. The third-order valence-electron chi connectivity index (χ3n) is 4.61. The van der Waals surface area contributed by atoms with Crippen LogP contribution in [0.5, 0.6) is 11.5 Å². The van der Waals surface area contributed by atoms with E-state index >= 15 is 0 Å². The third-order valence-corrected chi connectivity index (χ3v) is 4.61. The molecule has 6 heteroatoms. The van der Waals surface area contributed by atoms with Crippen LogP contribution >= 0.6 is 0 Å². The van der Waals surface area contributed by atoms with Crippen LogP contribution in [-0.4, -0.2) is 28.4 Å². The quantitative estimate of drug-likeness (QED) is 0.686. The summed E-state index contributed by atoms with van der Waals surface area (Å²) in [6.45, 7) is 7.34. The fourth-order valence-electron chi connectivity index (χ4n) is 3.49. The van der Waals surface area contributed by atoms with E-state index in [1.807, 2.05) is 26.0 Å². The second-order valence-electron chi connectivity index (χ2n) is 6.20. The number of hydrogen-bond acceptors (Lipinski definition) is 5. The Labute approximate surface area is 152 Å². The highest BCUT2D eigenvalue weighted by Gasteiger charge is 2.32. The fourth-order valence-corrected chi connectivity index (χ4v) is 3.49. The summed E-state index contributed by atoms with van der Waals surface area (Å²) in [7, 11) is 0. The summed E-state index contributed by atoms with van der Waals surface area (Å²) in [6, 6.07) is 8.02. The van der Waals surface area contributed by atoms with E-state index in [4.69, 9.17) is 9.47 Å². The smallest absolute Gasteiger partial charge is 0.161 e. The summed E-state index contributed by atoms with van der Waals surface area (Å²) in [6.07, 6.45) is 3.54.